The Morgan fingerprint density at radius 2 is 1.91 bits per heavy atom. The van der Waals surface area contributed by atoms with Gasteiger partial charge in [-0.3, -0.25) is 14.4 Å². The number of hydrazone groups is 1. The lowest BCUT2D eigenvalue weighted by Gasteiger charge is -2.09. The number of carbonyl (C=O) groups excluding carboxylic acids is 3. The van der Waals surface area contributed by atoms with Crippen LogP contribution in [0.15, 0.2) is 53.6 Å². The van der Waals surface area contributed by atoms with Crippen molar-refractivity contribution in [3.63, 3.8) is 0 Å². The Morgan fingerprint density at radius 1 is 1.12 bits per heavy atom. The lowest BCUT2D eigenvalue weighted by atomic mass is 10.2. The van der Waals surface area contributed by atoms with Gasteiger partial charge in [0.2, 0.25) is 0 Å². The number of benzene rings is 2. The molecule has 0 unspecified atom stereocenters. The van der Waals surface area contributed by atoms with Gasteiger partial charge in [-0.25, -0.2) is 5.43 Å². The van der Waals surface area contributed by atoms with Gasteiger partial charge in [-0.05, 0) is 54.8 Å². The Kier molecular flexibility index (Phi) is 8.59. The van der Waals surface area contributed by atoms with Crippen molar-refractivity contribution < 1.29 is 23.9 Å². The van der Waals surface area contributed by atoms with Crippen LogP contribution in [0.3, 0.4) is 0 Å². The summed E-state index contributed by atoms with van der Waals surface area (Å²) in [6.07, 6.45) is 3.17. The van der Waals surface area contributed by atoms with E-state index in [0.29, 0.717) is 35.2 Å². The molecule has 1 aliphatic heterocycles. The molecule has 0 radical (unpaired) electrons. The maximum Gasteiger partial charge on any atom is 0.329 e. The van der Waals surface area contributed by atoms with Crippen molar-refractivity contribution in [2.24, 2.45) is 5.10 Å². The normalized spacial score (nSPS) is 15.3. The van der Waals surface area contributed by atoms with Crippen LogP contribution in [0.1, 0.15) is 18.4 Å². The predicted molar refractivity (Wildman–Crippen MR) is 120 cm³/mol. The zero-order chi connectivity index (χ0) is 22.8. The number of ether oxygens (including phenoxy) is 2. The third-order valence-corrected chi connectivity index (χ3v) is 4.83. The number of para-hydroxylation sites is 1. The molecule has 2 aromatic carbocycles. The van der Waals surface area contributed by atoms with Gasteiger partial charge in [0, 0.05) is 13.2 Å². The zero-order valence-electron chi connectivity index (χ0n) is 17.2. The first kappa shape index (κ1) is 23.2. The largest absolute Gasteiger partial charge is 0.484 e. The number of carbonyl (C=O) groups is 3. The summed E-state index contributed by atoms with van der Waals surface area (Å²) in [4.78, 5) is 35.5. The molecule has 0 bridgehead atoms. The molecule has 0 spiro atoms. The van der Waals surface area contributed by atoms with E-state index in [0.717, 1.165) is 12.8 Å². The average molecular weight is 459 g/mol. The van der Waals surface area contributed by atoms with Crippen LogP contribution in [-0.2, 0) is 19.1 Å². The molecule has 1 aliphatic rings. The minimum Gasteiger partial charge on any atom is -0.484 e. The molecule has 1 saturated heterocycles. The van der Waals surface area contributed by atoms with Gasteiger partial charge in [0.05, 0.1) is 23.0 Å². The molecule has 168 valence electrons. The third-order valence-electron chi connectivity index (χ3n) is 4.50. The second-order valence-corrected chi connectivity index (χ2v) is 7.34. The van der Waals surface area contributed by atoms with Crippen molar-refractivity contribution >= 4 is 41.2 Å². The van der Waals surface area contributed by atoms with E-state index in [1.54, 1.807) is 48.5 Å². The number of halogens is 1. The maximum atomic E-state index is 12.0. The molecule has 1 fully saturated rings. The summed E-state index contributed by atoms with van der Waals surface area (Å²) < 4.78 is 10.8. The molecule has 9 nitrogen and oxygen atoms in total. The molecule has 1 atom stereocenters. The van der Waals surface area contributed by atoms with Gasteiger partial charge < -0.3 is 20.1 Å². The highest BCUT2D eigenvalue weighted by Crippen LogP contribution is 2.20. The lowest BCUT2D eigenvalue weighted by Crippen LogP contribution is -2.41. The molecule has 10 heteroatoms. The number of hydrogen-bond donors (Lipinski definition) is 3. The van der Waals surface area contributed by atoms with Crippen molar-refractivity contribution in [3.8, 4) is 5.75 Å². The quantitative estimate of drug-likeness (QED) is 0.318. The van der Waals surface area contributed by atoms with Crippen LogP contribution < -0.4 is 20.8 Å². The van der Waals surface area contributed by atoms with Crippen LogP contribution in [-0.4, -0.2) is 49.8 Å². The minimum atomic E-state index is -0.858. The van der Waals surface area contributed by atoms with Crippen molar-refractivity contribution in [1.82, 2.24) is 10.7 Å². The van der Waals surface area contributed by atoms with Crippen LogP contribution in [0.4, 0.5) is 5.69 Å². The van der Waals surface area contributed by atoms with Gasteiger partial charge in [-0.2, -0.15) is 5.10 Å². The summed E-state index contributed by atoms with van der Waals surface area (Å²) in [6.45, 7) is 0.792. The van der Waals surface area contributed by atoms with Gasteiger partial charge in [0.25, 0.3) is 5.91 Å². The molecule has 3 amide bonds. The number of hydrogen-bond acceptors (Lipinski definition) is 6. The first-order valence-electron chi connectivity index (χ1n) is 10.0. The number of anilines is 1. The fourth-order valence-electron chi connectivity index (χ4n) is 2.86. The molecule has 3 rings (SSSR count). The highest BCUT2D eigenvalue weighted by Gasteiger charge is 2.18. The van der Waals surface area contributed by atoms with Gasteiger partial charge in [-0.1, -0.05) is 23.7 Å². The van der Waals surface area contributed by atoms with Crippen LogP contribution in [0.5, 0.6) is 5.75 Å². The summed E-state index contributed by atoms with van der Waals surface area (Å²) in [5.41, 5.74) is 3.35. The molecule has 32 heavy (non-hydrogen) atoms. The fourth-order valence-corrected chi connectivity index (χ4v) is 3.04. The molecule has 0 aliphatic carbocycles. The van der Waals surface area contributed by atoms with E-state index >= 15 is 0 Å². The minimum absolute atomic E-state index is 0.0433. The first-order valence-corrected chi connectivity index (χ1v) is 10.4. The zero-order valence-corrected chi connectivity index (χ0v) is 17.9. The maximum absolute atomic E-state index is 12.0. The second-order valence-electron chi connectivity index (χ2n) is 6.93. The smallest absolute Gasteiger partial charge is 0.329 e. The first-order chi connectivity index (χ1) is 15.5. The molecule has 0 saturated carbocycles. The molecular weight excluding hydrogens is 436 g/mol. The monoisotopic (exact) mass is 458 g/mol. The van der Waals surface area contributed by atoms with E-state index in [4.69, 9.17) is 21.1 Å². The SMILES string of the molecule is O=C(COc1ccc(/C=N\NC(=O)C(=O)NC[C@H]2CCCO2)cc1)Nc1ccccc1Cl. The van der Waals surface area contributed by atoms with Crippen molar-refractivity contribution in [2.45, 2.75) is 18.9 Å². The fraction of sp³-hybridized carbons (Fsp3) is 0.273. The summed E-state index contributed by atoms with van der Waals surface area (Å²) in [5, 5.41) is 9.39. The second kappa shape index (κ2) is 11.8. The Bertz CT molecular complexity index is 975. The van der Waals surface area contributed by atoms with Crippen molar-refractivity contribution in [1.29, 1.82) is 0 Å². The standard InChI is InChI=1S/C22H23ClN4O5/c23-18-5-1-2-6-19(18)26-20(28)14-32-16-9-7-15(8-10-16)12-25-27-22(30)21(29)24-13-17-4-3-11-31-17/h1-2,5-10,12,17H,3-4,11,13-14H2,(H,24,29)(H,26,28)(H,27,30)/b25-12-/t17-/m1/s1. The van der Waals surface area contributed by atoms with E-state index in [2.05, 4.69) is 21.2 Å². The third kappa shape index (κ3) is 7.36. The Hall–Kier alpha value is -3.43. The summed E-state index contributed by atoms with van der Waals surface area (Å²) in [5.74, 6) is -1.49. The molecular formula is C22H23ClN4O5. The van der Waals surface area contributed by atoms with Crippen LogP contribution in [0.25, 0.3) is 0 Å². The summed E-state index contributed by atoms with van der Waals surface area (Å²) >= 11 is 6.00. The summed E-state index contributed by atoms with van der Waals surface area (Å²) in [7, 11) is 0. The number of nitrogens with zero attached hydrogens (tertiary/aromatic N) is 1. The number of rotatable bonds is 8. The Balaban J connectivity index is 1.38. The lowest BCUT2D eigenvalue weighted by molar-refractivity contribution is -0.139. The number of nitrogens with one attached hydrogen (secondary N) is 3. The van der Waals surface area contributed by atoms with Gasteiger partial charge in [0.15, 0.2) is 6.61 Å². The predicted octanol–water partition coefficient (Wildman–Crippen LogP) is 2.10. The molecule has 3 N–H and O–H groups in total. The molecule has 0 aromatic heterocycles. The van der Waals surface area contributed by atoms with E-state index < -0.39 is 11.8 Å². The van der Waals surface area contributed by atoms with E-state index in [-0.39, 0.29) is 18.6 Å². The van der Waals surface area contributed by atoms with Crippen molar-refractivity contribution in [2.75, 3.05) is 25.1 Å². The van der Waals surface area contributed by atoms with Crippen LogP contribution in [0, 0.1) is 0 Å². The van der Waals surface area contributed by atoms with E-state index in [1.165, 1.54) is 6.21 Å². The van der Waals surface area contributed by atoms with Crippen LogP contribution in [0.2, 0.25) is 5.02 Å². The number of amides is 3. The highest BCUT2D eigenvalue weighted by molar-refractivity contribution is 6.35. The van der Waals surface area contributed by atoms with E-state index in [9.17, 15) is 14.4 Å². The van der Waals surface area contributed by atoms with Gasteiger partial charge in [-0.15, -0.1) is 0 Å². The van der Waals surface area contributed by atoms with Gasteiger partial charge >= 0.3 is 11.8 Å². The highest BCUT2D eigenvalue weighted by atomic mass is 35.5. The average Bonchev–Trinajstić information content (AvgIpc) is 3.32. The molecule has 1 heterocycles. The Morgan fingerprint density at radius 3 is 2.62 bits per heavy atom. The van der Waals surface area contributed by atoms with Gasteiger partial charge in [0.1, 0.15) is 5.75 Å². The Labute approximate surface area is 190 Å². The molecule has 2 aromatic rings. The van der Waals surface area contributed by atoms with E-state index in [1.807, 2.05) is 0 Å². The topological polar surface area (TPSA) is 118 Å². The van der Waals surface area contributed by atoms with Crippen LogP contribution >= 0.6 is 11.6 Å². The summed E-state index contributed by atoms with van der Waals surface area (Å²) in [6, 6.07) is 13.6. The van der Waals surface area contributed by atoms with Crippen molar-refractivity contribution in [3.05, 3.63) is 59.1 Å².